The van der Waals surface area contributed by atoms with Crippen molar-refractivity contribution in [3.05, 3.63) is 59.3 Å². The molecule has 1 amide bonds. The SMILES string of the molecule is CN1CCN(Cc2ccc(-n3cc4cc(F)cc(C(N)=O)c4n3)cc2F)CC1. The van der Waals surface area contributed by atoms with Crippen LogP contribution in [0.5, 0.6) is 0 Å². The third-order valence-corrected chi connectivity index (χ3v) is 5.13. The topological polar surface area (TPSA) is 67.4 Å². The molecule has 0 atom stereocenters. The Hall–Kier alpha value is -2.84. The maximum atomic E-state index is 14.7. The van der Waals surface area contributed by atoms with Crippen LogP contribution in [0.2, 0.25) is 0 Å². The van der Waals surface area contributed by atoms with Crippen LogP contribution < -0.4 is 5.73 Å². The van der Waals surface area contributed by atoms with Gasteiger partial charge in [0.25, 0.3) is 5.91 Å². The van der Waals surface area contributed by atoms with E-state index in [9.17, 15) is 13.6 Å². The van der Waals surface area contributed by atoms with Gasteiger partial charge >= 0.3 is 0 Å². The third kappa shape index (κ3) is 3.61. The lowest BCUT2D eigenvalue weighted by Crippen LogP contribution is -2.44. The van der Waals surface area contributed by atoms with E-state index in [1.165, 1.54) is 16.8 Å². The normalized spacial score (nSPS) is 16.0. The lowest BCUT2D eigenvalue weighted by atomic mass is 10.1. The second-order valence-corrected chi connectivity index (χ2v) is 7.18. The van der Waals surface area contributed by atoms with Gasteiger partial charge in [-0.3, -0.25) is 9.69 Å². The standard InChI is InChI=1S/C20H21F2N5O/c1-25-4-6-26(7-5-25)11-13-2-3-16(10-18(13)22)27-12-14-8-15(21)9-17(20(23)28)19(14)24-27/h2-3,8-10,12H,4-7,11H2,1H3,(H2,23,28). The van der Waals surface area contributed by atoms with Crippen LogP contribution in [0.3, 0.4) is 0 Å². The molecular formula is C20H21F2N5O. The number of rotatable bonds is 4. The molecule has 0 aliphatic carbocycles. The summed E-state index contributed by atoms with van der Waals surface area (Å²) in [5.41, 5.74) is 6.72. The van der Waals surface area contributed by atoms with Gasteiger partial charge in [-0.05, 0) is 31.3 Å². The van der Waals surface area contributed by atoms with Crippen LogP contribution in [0.15, 0.2) is 36.5 Å². The summed E-state index contributed by atoms with van der Waals surface area (Å²) in [7, 11) is 2.08. The van der Waals surface area contributed by atoms with Crippen molar-refractivity contribution in [3.8, 4) is 5.69 Å². The van der Waals surface area contributed by atoms with Crippen LogP contribution in [0.1, 0.15) is 15.9 Å². The summed E-state index contributed by atoms with van der Waals surface area (Å²) in [5, 5.41) is 4.73. The Kier molecular flexibility index (Phi) is 4.82. The van der Waals surface area contributed by atoms with Crippen molar-refractivity contribution in [3.63, 3.8) is 0 Å². The van der Waals surface area contributed by atoms with Gasteiger partial charge in [0, 0.05) is 49.9 Å². The van der Waals surface area contributed by atoms with Crippen molar-refractivity contribution in [2.75, 3.05) is 33.2 Å². The lowest BCUT2D eigenvalue weighted by Gasteiger charge is -2.32. The third-order valence-electron chi connectivity index (χ3n) is 5.13. The van der Waals surface area contributed by atoms with Crippen molar-refractivity contribution in [1.82, 2.24) is 19.6 Å². The summed E-state index contributed by atoms with van der Waals surface area (Å²) in [6, 6.07) is 7.23. The molecule has 0 saturated carbocycles. The van der Waals surface area contributed by atoms with E-state index in [0.717, 1.165) is 32.2 Å². The number of halogens is 2. The van der Waals surface area contributed by atoms with Crippen LogP contribution in [0.4, 0.5) is 8.78 Å². The highest BCUT2D eigenvalue weighted by molar-refractivity contribution is 6.04. The van der Waals surface area contributed by atoms with Gasteiger partial charge in [0.2, 0.25) is 0 Å². The highest BCUT2D eigenvalue weighted by Crippen LogP contribution is 2.22. The lowest BCUT2D eigenvalue weighted by molar-refractivity contribution is 0.100. The van der Waals surface area contributed by atoms with Crippen LogP contribution in [-0.4, -0.2) is 58.7 Å². The van der Waals surface area contributed by atoms with Crippen molar-refractivity contribution in [2.24, 2.45) is 5.73 Å². The minimum absolute atomic E-state index is 0.000841. The predicted molar refractivity (Wildman–Crippen MR) is 102 cm³/mol. The molecule has 2 aromatic carbocycles. The number of nitrogens with zero attached hydrogens (tertiary/aromatic N) is 4. The zero-order valence-electron chi connectivity index (χ0n) is 15.5. The van der Waals surface area contributed by atoms with E-state index in [1.54, 1.807) is 18.3 Å². The number of carbonyl (C=O) groups excluding carboxylic acids is 1. The average Bonchev–Trinajstić information content (AvgIpc) is 3.08. The summed E-state index contributed by atoms with van der Waals surface area (Å²) in [5.74, 6) is -1.66. The van der Waals surface area contributed by atoms with Gasteiger partial charge in [-0.15, -0.1) is 0 Å². The van der Waals surface area contributed by atoms with Gasteiger partial charge in [-0.2, -0.15) is 5.10 Å². The van der Waals surface area contributed by atoms with Gasteiger partial charge in [-0.25, -0.2) is 13.5 Å². The molecule has 2 N–H and O–H groups in total. The fourth-order valence-corrected chi connectivity index (χ4v) is 3.47. The second-order valence-electron chi connectivity index (χ2n) is 7.18. The van der Waals surface area contributed by atoms with Gasteiger partial charge in [0.05, 0.1) is 11.3 Å². The molecular weight excluding hydrogens is 364 g/mol. The Balaban J connectivity index is 1.62. The van der Waals surface area contributed by atoms with E-state index in [1.807, 2.05) is 0 Å². The number of amides is 1. The molecule has 6 nitrogen and oxygen atoms in total. The molecule has 1 fully saturated rings. The van der Waals surface area contributed by atoms with E-state index in [0.29, 0.717) is 23.2 Å². The van der Waals surface area contributed by atoms with Gasteiger partial charge in [0.15, 0.2) is 0 Å². The van der Waals surface area contributed by atoms with Crippen molar-refractivity contribution < 1.29 is 13.6 Å². The van der Waals surface area contributed by atoms with Crippen molar-refractivity contribution in [2.45, 2.75) is 6.54 Å². The summed E-state index contributed by atoms with van der Waals surface area (Å²) in [4.78, 5) is 16.0. The van der Waals surface area contributed by atoms with E-state index in [2.05, 4.69) is 21.9 Å². The number of primary amides is 1. The first kappa shape index (κ1) is 18.5. The molecule has 0 unspecified atom stereocenters. The number of benzene rings is 2. The highest BCUT2D eigenvalue weighted by Gasteiger charge is 2.17. The molecule has 8 heteroatoms. The fourth-order valence-electron chi connectivity index (χ4n) is 3.47. The maximum absolute atomic E-state index is 14.7. The Labute approximate surface area is 161 Å². The molecule has 3 aromatic rings. The highest BCUT2D eigenvalue weighted by atomic mass is 19.1. The van der Waals surface area contributed by atoms with Gasteiger partial charge < -0.3 is 10.6 Å². The Bertz CT molecular complexity index is 1040. The molecule has 146 valence electrons. The summed E-state index contributed by atoms with van der Waals surface area (Å²) >= 11 is 0. The first-order valence-electron chi connectivity index (χ1n) is 9.09. The second kappa shape index (κ2) is 7.29. The van der Waals surface area contributed by atoms with Crippen molar-refractivity contribution >= 4 is 16.8 Å². The molecule has 1 saturated heterocycles. The zero-order chi connectivity index (χ0) is 19.8. The smallest absolute Gasteiger partial charge is 0.251 e. The summed E-state index contributed by atoms with van der Waals surface area (Å²) < 4.78 is 29.8. The summed E-state index contributed by atoms with van der Waals surface area (Å²) in [6.45, 7) is 4.31. The number of aromatic nitrogens is 2. The molecule has 1 aliphatic heterocycles. The molecule has 0 radical (unpaired) electrons. The zero-order valence-corrected chi connectivity index (χ0v) is 15.5. The van der Waals surface area contributed by atoms with Gasteiger partial charge in [-0.1, -0.05) is 6.07 Å². The van der Waals surface area contributed by atoms with E-state index >= 15 is 0 Å². The molecule has 28 heavy (non-hydrogen) atoms. The summed E-state index contributed by atoms with van der Waals surface area (Å²) in [6.07, 6.45) is 1.56. The van der Waals surface area contributed by atoms with Crippen LogP contribution in [-0.2, 0) is 6.54 Å². The van der Waals surface area contributed by atoms with E-state index in [4.69, 9.17) is 5.73 Å². The van der Waals surface area contributed by atoms with E-state index < -0.39 is 11.7 Å². The maximum Gasteiger partial charge on any atom is 0.251 e. The Morgan fingerprint density at radius 3 is 2.57 bits per heavy atom. The molecule has 0 bridgehead atoms. The Morgan fingerprint density at radius 2 is 1.89 bits per heavy atom. The molecule has 4 rings (SSSR count). The molecule has 0 spiro atoms. The predicted octanol–water partition coefficient (Wildman–Crippen LogP) is 2.15. The minimum atomic E-state index is -0.761. The Morgan fingerprint density at radius 1 is 1.14 bits per heavy atom. The number of fused-ring (bicyclic) bond motifs is 1. The van der Waals surface area contributed by atoms with Crippen LogP contribution >= 0.6 is 0 Å². The number of hydrogen-bond donors (Lipinski definition) is 1. The minimum Gasteiger partial charge on any atom is -0.366 e. The van der Waals surface area contributed by atoms with E-state index in [-0.39, 0.29) is 16.9 Å². The van der Waals surface area contributed by atoms with Crippen molar-refractivity contribution in [1.29, 1.82) is 0 Å². The average molecular weight is 385 g/mol. The first-order chi connectivity index (χ1) is 13.4. The monoisotopic (exact) mass is 385 g/mol. The number of carbonyl (C=O) groups is 1. The quantitative estimate of drug-likeness (QED) is 0.747. The number of piperazine rings is 1. The number of nitrogens with two attached hydrogens (primary N) is 1. The number of hydrogen-bond acceptors (Lipinski definition) is 4. The van der Waals surface area contributed by atoms with Crippen LogP contribution in [0, 0.1) is 11.6 Å². The largest absolute Gasteiger partial charge is 0.366 e. The first-order valence-corrected chi connectivity index (χ1v) is 9.09. The molecule has 1 aliphatic rings. The molecule has 1 aromatic heterocycles. The fraction of sp³-hybridized carbons (Fsp3) is 0.300. The molecule has 2 heterocycles. The van der Waals surface area contributed by atoms with Crippen LogP contribution in [0.25, 0.3) is 16.6 Å². The number of likely N-dealkylation sites (N-methyl/N-ethyl adjacent to an activating group) is 1. The van der Waals surface area contributed by atoms with Gasteiger partial charge in [0.1, 0.15) is 17.2 Å².